The molecule has 6 heteroatoms. The van der Waals surface area contributed by atoms with Gasteiger partial charge in [0, 0.05) is 5.92 Å². The third-order valence-corrected chi connectivity index (χ3v) is 7.01. The molecule has 2 N–H and O–H groups in total. The van der Waals surface area contributed by atoms with Gasteiger partial charge in [-0.2, -0.15) is 15.8 Å². The highest BCUT2D eigenvalue weighted by atomic mass is 16.5. The second-order valence-corrected chi connectivity index (χ2v) is 10.3. The van der Waals surface area contributed by atoms with Gasteiger partial charge in [0.1, 0.15) is 6.07 Å². The number of hydrogen-bond donors (Lipinski definition) is 1. The van der Waals surface area contributed by atoms with Crippen LogP contribution in [0.3, 0.4) is 0 Å². The number of fused-ring (bicyclic) bond motifs is 1. The van der Waals surface area contributed by atoms with Gasteiger partial charge in [0.2, 0.25) is 0 Å². The summed E-state index contributed by atoms with van der Waals surface area (Å²) in [5.41, 5.74) is 6.76. The molecule has 172 valence electrons. The fraction of sp³-hybridized carbons (Fsp3) is 0.519. The normalized spacial score (nSPS) is 24.1. The van der Waals surface area contributed by atoms with Crippen LogP contribution in [0, 0.1) is 56.7 Å². The van der Waals surface area contributed by atoms with Gasteiger partial charge in [-0.15, -0.1) is 0 Å². The molecule has 0 spiro atoms. The van der Waals surface area contributed by atoms with Crippen molar-refractivity contribution >= 4 is 0 Å². The van der Waals surface area contributed by atoms with Gasteiger partial charge in [0.15, 0.2) is 16.9 Å². The average molecular weight is 445 g/mol. The lowest BCUT2D eigenvalue weighted by Gasteiger charge is -2.47. The van der Waals surface area contributed by atoms with Gasteiger partial charge in [-0.25, -0.2) is 0 Å². The quantitative estimate of drug-likeness (QED) is 0.669. The Kier molecular flexibility index (Phi) is 6.49. The molecular formula is C27H32N4O2. The lowest BCUT2D eigenvalue weighted by molar-refractivity contribution is 0.170. The summed E-state index contributed by atoms with van der Waals surface area (Å²) in [6, 6.07) is 12.2. The first-order chi connectivity index (χ1) is 15.5. The number of ether oxygens (including phenoxy) is 2. The van der Waals surface area contributed by atoms with Crippen LogP contribution in [0.2, 0.25) is 0 Å². The molecule has 33 heavy (non-hydrogen) atoms. The Labute approximate surface area is 196 Å². The molecule has 0 saturated carbocycles. The summed E-state index contributed by atoms with van der Waals surface area (Å²) in [5, 5.41) is 30.5. The van der Waals surface area contributed by atoms with E-state index < -0.39 is 11.3 Å². The van der Waals surface area contributed by atoms with Crippen LogP contribution in [0.5, 0.6) is 11.5 Å². The van der Waals surface area contributed by atoms with Crippen molar-refractivity contribution in [2.75, 3.05) is 7.11 Å². The summed E-state index contributed by atoms with van der Waals surface area (Å²) in [6.45, 7) is 10.5. The van der Waals surface area contributed by atoms with Crippen LogP contribution in [-0.2, 0) is 0 Å². The van der Waals surface area contributed by atoms with Crippen LogP contribution in [0.15, 0.2) is 41.1 Å². The predicted octanol–water partition coefficient (Wildman–Crippen LogP) is 5.35. The molecule has 0 fully saturated rings. The Morgan fingerprint density at radius 3 is 2.30 bits per heavy atom. The number of nitrogens with zero attached hydrogens (tertiary/aromatic N) is 3. The molecule has 0 heterocycles. The molecule has 0 unspecified atom stereocenters. The third-order valence-electron chi connectivity index (χ3n) is 7.01. The number of nitrogens with two attached hydrogens (primary N) is 1. The van der Waals surface area contributed by atoms with Gasteiger partial charge in [-0.1, -0.05) is 32.9 Å². The number of rotatable bonds is 4. The Morgan fingerprint density at radius 2 is 1.79 bits per heavy atom. The summed E-state index contributed by atoms with van der Waals surface area (Å²) >= 11 is 0. The molecule has 3 atom stereocenters. The molecule has 0 saturated heterocycles. The lowest BCUT2D eigenvalue weighted by Crippen LogP contribution is -2.44. The van der Waals surface area contributed by atoms with Gasteiger partial charge < -0.3 is 15.2 Å². The molecule has 0 radical (unpaired) electrons. The molecule has 6 nitrogen and oxygen atoms in total. The largest absolute Gasteiger partial charge is 0.493 e. The molecule has 0 bridgehead atoms. The number of methoxy groups -OCH3 is 1. The van der Waals surface area contributed by atoms with E-state index in [9.17, 15) is 15.8 Å². The SMILES string of the molecule is COc1cc([C@@H]2[C@H]3C[C@H](C(C)(C)C)CC=C3C(C#N)=C(N)C2(C#N)C#N)ccc1OC(C)C. The maximum absolute atomic E-state index is 10.3. The molecule has 0 aromatic heterocycles. The summed E-state index contributed by atoms with van der Waals surface area (Å²) in [5.74, 6) is 0.746. The van der Waals surface area contributed by atoms with E-state index in [1.54, 1.807) is 7.11 Å². The van der Waals surface area contributed by atoms with Crippen molar-refractivity contribution in [2.45, 2.75) is 59.5 Å². The number of benzene rings is 1. The fourth-order valence-electron chi connectivity index (χ4n) is 5.20. The monoisotopic (exact) mass is 444 g/mol. The molecule has 1 aromatic rings. The molecule has 0 aliphatic heterocycles. The summed E-state index contributed by atoms with van der Waals surface area (Å²) in [7, 11) is 1.57. The highest BCUT2D eigenvalue weighted by Crippen LogP contribution is 2.58. The molecule has 2 aliphatic carbocycles. The molecule has 2 aliphatic rings. The van der Waals surface area contributed by atoms with Crippen LogP contribution < -0.4 is 15.2 Å². The minimum atomic E-state index is -1.65. The minimum absolute atomic E-state index is 0.0334. The van der Waals surface area contributed by atoms with Crippen LogP contribution in [-0.4, -0.2) is 13.2 Å². The third kappa shape index (κ3) is 4.05. The van der Waals surface area contributed by atoms with E-state index in [-0.39, 0.29) is 28.7 Å². The van der Waals surface area contributed by atoms with Crippen LogP contribution in [0.4, 0.5) is 0 Å². The summed E-state index contributed by atoms with van der Waals surface area (Å²) in [4.78, 5) is 0. The highest BCUT2D eigenvalue weighted by Gasteiger charge is 2.55. The van der Waals surface area contributed by atoms with E-state index >= 15 is 0 Å². The molecule has 0 amide bonds. The minimum Gasteiger partial charge on any atom is -0.493 e. The Morgan fingerprint density at radius 1 is 1.12 bits per heavy atom. The van der Waals surface area contributed by atoms with Gasteiger partial charge in [-0.3, -0.25) is 0 Å². The van der Waals surface area contributed by atoms with Crippen LogP contribution in [0.25, 0.3) is 0 Å². The highest BCUT2D eigenvalue weighted by molar-refractivity contribution is 5.60. The fourth-order valence-corrected chi connectivity index (χ4v) is 5.20. The van der Waals surface area contributed by atoms with Crippen LogP contribution in [0.1, 0.15) is 58.9 Å². The van der Waals surface area contributed by atoms with Gasteiger partial charge in [-0.05, 0) is 67.2 Å². The maximum atomic E-state index is 10.3. The Bertz CT molecular complexity index is 1100. The van der Waals surface area contributed by atoms with Gasteiger partial charge in [0.25, 0.3) is 0 Å². The van der Waals surface area contributed by atoms with E-state index in [0.29, 0.717) is 17.4 Å². The first kappa shape index (κ1) is 24.2. The smallest absolute Gasteiger partial charge is 0.191 e. The molecule has 1 aromatic carbocycles. The standard InChI is InChI=1S/C27H32N4O2/c1-16(2)33-22-10-7-17(11-23(22)32-6)24-20-12-18(26(3,4)5)8-9-19(20)21(13-28)25(31)27(24,14-29)15-30/h7,9-11,16,18,20,24H,8,12,31H2,1-6H3/t18-,20+,24-/m1/s1. The Balaban J connectivity index is 2.27. The van der Waals surface area contributed by atoms with E-state index in [4.69, 9.17) is 15.2 Å². The van der Waals surface area contributed by atoms with Gasteiger partial charge >= 0.3 is 0 Å². The van der Waals surface area contributed by atoms with Crippen molar-refractivity contribution in [1.29, 1.82) is 15.8 Å². The van der Waals surface area contributed by atoms with Crippen molar-refractivity contribution in [3.8, 4) is 29.7 Å². The molecular weight excluding hydrogens is 412 g/mol. The zero-order valence-corrected chi connectivity index (χ0v) is 20.3. The first-order valence-corrected chi connectivity index (χ1v) is 11.3. The zero-order chi connectivity index (χ0) is 24.6. The second kappa shape index (κ2) is 8.84. The van der Waals surface area contributed by atoms with Crippen LogP contribution >= 0.6 is 0 Å². The zero-order valence-electron chi connectivity index (χ0n) is 20.3. The number of allylic oxidation sites excluding steroid dienone is 4. The van der Waals surface area contributed by atoms with Gasteiger partial charge in [0.05, 0.1) is 36.6 Å². The van der Waals surface area contributed by atoms with E-state index in [1.807, 2.05) is 32.0 Å². The topological polar surface area (TPSA) is 116 Å². The second-order valence-electron chi connectivity index (χ2n) is 10.3. The molecule has 3 rings (SSSR count). The van der Waals surface area contributed by atoms with E-state index in [1.165, 1.54) is 0 Å². The summed E-state index contributed by atoms with van der Waals surface area (Å²) < 4.78 is 11.5. The lowest BCUT2D eigenvalue weighted by atomic mass is 9.54. The predicted molar refractivity (Wildman–Crippen MR) is 126 cm³/mol. The van der Waals surface area contributed by atoms with Crippen molar-refractivity contribution < 1.29 is 9.47 Å². The maximum Gasteiger partial charge on any atom is 0.191 e. The number of hydrogen-bond acceptors (Lipinski definition) is 6. The van der Waals surface area contributed by atoms with E-state index in [2.05, 4.69) is 45.1 Å². The Hall–Kier alpha value is -3.43. The van der Waals surface area contributed by atoms with E-state index in [0.717, 1.165) is 24.0 Å². The van der Waals surface area contributed by atoms with Crippen molar-refractivity contribution in [2.24, 2.45) is 28.4 Å². The summed E-state index contributed by atoms with van der Waals surface area (Å²) in [6.07, 6.45) is 3.65. The van der Waals surface area contributed by atoms with Crippen molar-refractivity contribution in [1.82, 2.24) is 0 Å². The first-order valence-electron chi connectivity index (χ1n) is 11.3. The van der Waals surface area contributed by atoms with Crippen molar-refractivity contribution in [3.05, 3.63) is 46.7 Å². The average Bonchev–Trinajstić information content (AvgIpc) is 2.77. The number of nitriles is 3. The van der Waals surface area contributed by atoms with Crippen molar-refractivity contribution in [3.63, 3.8) is 0 Å².